The lowest BCUT2D eigenvalue weighted by Gasteiger charge is -2.08. The Morgan fingerprint density at radius 1 is 1.38 bits per heavy atom. The Balaban J connectivity index is 2.57. The topological polar surface area (TPSA) is 88.4 Å². The zero-order valence-electron chi connectivity index (χ0n) is 11.6. The molecule has 6 nitrogen and oxygen atoms in total. The summed E-state index contributed by atoms with van der Waals surface area (Å²) in [4.78, 5) is 24.0. The van der Waals surface area contributed by atoms with Gasteiger partial charge in [0.1, 0.15) is 6.07 Å². The second kappa shape index (κ2) is 9.80. The number of carbonyl (C=O) groups is 2. The molecule has 112 valence electrons. The van der Waals surface area contributed by atoms with Crippen molar-refractivity contribution >= 4 is 23.6 Å². The van der Waals surface area contributed by atoms with E-state index in [4.69, 9.17) is 14.7 Å². The Kier molecular flexibility index (Phi) is 7.94. The van der Waals surface area contributed by atoms with Crippen molar-refractivity contribution in [3.05, 3.63) is 29.8 Å². The second-order valence-corrected chi connectivity index (χ2v) is 4.88. The van der Waals surface area contributed by atoms with E-state index >= 15 is 0 Å². The van der Waals surface area contributed by atoms with Crippen LogP contribution in [0.5, 0.6) is 0 Å². The Morgan fingerprint density at radius 2 is 2.14 bits per heavy atom. The van der Waals surface area contributed by atoms with E-state index in [0.717, 1.165) is 0 Å². The van der Waals surface area contributed by atoms with Gasteiger partial charge in [0.25, 0.3) is 0 Å². The largest absolute Gasteiger partial charge is 0.447 e. The number of benzene rings is 1. The van der Waals surface area contributed by atoms with E-state index in [1.165, 1.54) is 11.8 Å². The smallest absolute Gasteiger partial charge is 0.340 e. The Labute approximate surface area is 127 Å². The first-order valence-corrected chi connectivity index (χ1v) is 7.19. The van der Waals surface area contributed by atoms with Crippen LogP contribution in [0.15, 0.2) is 29.2 Å². The summed E-state index contributed by atoms with van der Waals surface area (Å²) in [5.74, 6) is -0.525. The van der Waals surface area contributed by atoms with Crippen LogP contribution in [0, 0.1) is 11.3 Å². The molecule has 0 fully saturated rings. The maximum absolute atomic E-state index is 11.8. The van der Waals surface area contributed by atoms with Crippen molar-refractivity contribution in [3.63, 3.8) is 0 Å². The van der Waals surface area contributed by atoms with Crippen molar-refractivity contribution in [3.8, 4) is 6.07 Å². The number of carbonyl (C=O) groups excluding carboxylic acids is 2. The molecule has 1 aromatic carbocycles. The predicted octanol–water partition coefficient (Wildman–Crippen LogP) is 1.22. The molecular formula is C14H16N2O4S. The number of rotatable bonds is 8. The monoisotopic (exact) mass is 308 g/mol. The predicted molar refractivity (Wildman–Crippen MR) is 77.9 cm³/mol. The van der Waals surface area contributed by atoms with Crippen LogP contribution in [-0.4, -0.2) is 44.5 Å². The van der Waals surface area contributed by atoms with Crippen molar-refractivity contribution in [1.82, 2.24) is 5.32 Å². The van der Waals surface area contributed by atoms with Gasteiger partial charge in [-0.3, -0.25) is 4.79 Å². The quantitative estimate of drug-likeness (QED) is 0.441. The lowest BCUT2D eigenvalue weighted by Crippen LogP contribution is -2.28. The fraction of sp³-hybridized carbons (Fsp3) is 0.357. The highest BCUT2D eigenvalue weighted by molar-refractivity contribution is 8.00. The van der Waals surface area contributed by atoms with Crippen LogP contribution in [0.2, 0.25) is 0 Å². The molecule has 0 spiro atoms. The maximum atomic E-state index is 11.8. The molecule has 0 unspecified atom stereocenters. The molecule has 1 N–H and O–H groups in total. The fourth-order valence-electron chi connectivity index (χ4n) is 1.42. The molecule has 0 saturated carbocycles. The molecule has 0 radical (unpaired) electrons. The highest BCUT2D eigenvalue weighted by Gasteiger charge is 2.13. The molecule has 0 atom stereocenters. The van der Waals surface area contributed by atoms with Gasteiger partial charge in [0.15, 0.2) is 6.61 Å². The molecule has 0 aliphatic rings. The average Bonchev–Trinajstić information content (AvgIpc) is 2.51. The van der Waals surface area contributed by atoms with Crippen molar-refractivity contribution < 1.29 is 19.1 Å². The molecule has 0 heterocycles. The van der Waals surface area contributed by atoms with Gasteiger partial charge < -0.3 is 14.8 Å². The van der Waals surface area contributed by atoms with Crippen LogP contribution in [0.4, 0.5) is 0 Å². The van der Waals surface area contributed by atoms with E-state index in [1.807, 2.05) is 0 Å². The van der Waals surface area contributed by atoms with Crippen molar-refractivity contribution in [1.29, 1.82) is 5.26 Å². The third-order valence-electron chi connectivity index (χ3n) is 2.36. The Bertz CT molecular complexity index is 528. The minimum atomic E-state index is -0.570. The van der Waals surface area contributed by atoms with E-state index in [9.17, 15) is 9.59 Å². The number of hydrogen-bond acceptors (Lipinski definition) is 6. The average molecular weight is 308 g/mol. The van der Waals surface area contributed by atoms with Gasteiger partial charge in [0.05, 0.1) is 17.9 Å². The summed E-state index contributed by atoms with van der Waals surface area (Å²) < 4.78 is 9.61. The molecule has 0 aromatic heterocycles. The standard InChI is InChI=1S/C14H16N2O4S/c1-19-9-7-16-13(17)10-21-12-5-3-2-4-11(12)14(18)20-8-6-15/h2-5H,7-10H2,1H3,(H,16,17). The zero-order valence-corrected chi connectivity index (χ0v) is 12.4. The van der Waals surface area contributed by atoms with Crippen molar-refractivity contribution in [2.75, 3.05) is 32.6 Å². The molecule has 1 aromatic rings. The number of ether oxygens (including phenoxy) is 2. The normalized spacial score (nSPS) is 9.71. The number of nitriles is 1. The Morgan fingerprint density at radius 3 is 2.86 bits per heavy atom. The molecule has 1 amide bonds. The van der Waals surface area contributed by atoms with E-state index in [1.54, 1.807) is 37.4 Å². The molecule has 0 bridgehead atoms. The van der Waals surface area contributed by atoms with Crippen LogP contribution in [0.1, 0.15) is 10.4 Å². The highest BCUT2D eigenvalue weighted by Crippen LogP contribution is 2.23. The lowest BCUT2D eigenvalue weighted by molar-refractivity contribution is -0.118. The van der Waals surface area contributed by atoms with Crippen LogP contribution < -0.4 is 5.32 Å². The first-order valence-electron chi connectivity index (χ1n) is 6.20. The molecule has 0 saturated heterocycles. The van der Waals surface area contributed by atoms with Crippen molar-refractivity contribution in [2.45, 2.75) is 4.90 Å². The van der Waals surface area contributed by atoms with E-state index in [2.05, 4.69) is 5.32 Å². The summed E-state index contributed by atoms with van der Waals surface area (Å²) in [6.07, 6.45) is 0. The second-order valence-electron chi connectivity index (χ2n) is 3.86. The van der Waals surface area contributed by atoms with Gasteiger partial charge in [-0.2, -0.15) is 5.26 Å². The summed E-state index contributed by atoms with van der Waals surface area (Å²) in [7, 11) is 1.56. The minimum absolute atomic E-state index is 0.141. The number of hydrogen-bond donors (Lipinski definition) is 1. The number of thioether (sulfide) groups is 1. The number of amides is 1. The van der Waals surface area contributed by atoms with E-state index < -0.39 is 5.97 Å². The summed E-state index contributed by atoms with van der Waals surface area (Å²) >= 11 is 1.24. The highest BCUT2D eigenvalue weighted by atomic mass is 32.2. The van der Waals surface area contributed by atoms with Gasteiger partial charge in [0, 0.05) is 18.6 Å². The van der Waals surface area contributed by atoms with Crippen LogP contribution in [-0.2, 0) is 14.3 Å². The number of nitrogens with zero attached hydrogens (tertiary/aromatic N) is 1. The van der Waals surface area contributed by atoms with Gasteiger partial charge in [-0.25, -0.2) is 4.79 Å². The summed E-state index contributed by atoms with van der Waals surface area (Å²) in [5.41, 5.74) is 0.349. The molecule has 21 heavy (non-hydrogen) atoms. The van der Waals surface area contributed by atoms with E-state index in [0.29, 0.717) is 23.6 Å². The maximum Gasteiger partial charge on any atom is 0.340 e. The Hall–Kier alpha value is -2.04. The van der Waals surface area contributed by atoms with E-state index in [-0.39, 0.29) is 18.3 Å². The molecule has 0 aliphatic heterocycles. The zero-order chi connectivity index (χ0) is 15.5. The molecule has 0 aliphatic carbocycles. The lowest BCUT2D eigenvalue weighted by atomic mass is 10.2. The van der Waals surface area contributed by atoms with Crippen LogP contribution in [0.25, 0.3) is 0 Å². The third-order valence-corrected chi connectivity index (χ3v) is 3.44. The van der Waals surface area contributed by atoms with Gasteiger partial charge in [0.2, 0.25) is 5.91 Å². The van der Waals surface area contributed by atoms with Gasteiger partial charge in [-0.05, 0) is 12.1 Å². The summed E-state index contributed by atoms with van der Waals surface area (Å²) in [6, 6.07) is 8.55. The van der Waals surface area contributed by atoms with Gasteiger partial charge in [-0.1, -0.05) is 12.1 Å². The van der Waals surface area contributed by atoms with Crippen molar-refractivity contribution in [2.24, 2.45) is 0 Å². The SMILES string of the molecule is COCCNC(=O)CSc1ccccc1C(=O)OCC#N. The molecule has 1 rings (SSSR count). The summed E-state index contributed by atoms with van der Waals surface area (Å²) in [5, 5.41) is 11.1. The summed E-state index contributed by atoms with van der Waals surface area (Å²) in [6.45, 7) is 0.602. The first kappa shape index (κ1) is 17.0. The minimum Gasteiger partial charge on any atom is -0.447 e. The van der Waals surface area contributed by atoms with Crippen LogP contribution >= 0.6 is 11.8 Å². The number of esters is 1. The van der Waals surface area contributed by atoms with Gasteiger partial charge >= 0.3 is 5.97 Å². The third kappa shape index (κ3) is 6.29. The van der Waals surface area contributed by atoms with Crippen LogP contribution in [0.3, 0.4) is 0 Å². The van der Waals surface area contributed by atoms with Gasteiger partial charge in [-0.15, -0.1) is 11.8 Å². The molecule has 7 heteroatoms. The first-order chi connectivity index (χ1) is 10.2. The number of methoxy groups -OCH3 is 1. The number of nitrogens with one attached hydrogen (secondary N) is 1. The molecular weight excluding hydrogens is 292 g/mol. The fourth-order valence-corrected chi connectivity index (χ4v) is 2.29.